The summed E-state index contributed by atoms with van der Waals surface area (Å²) in [6, 6.07) is 0. The van der Waals surface area contributed by atoms with Gasteiger partial charge in [0, 0.05) is 25.9 Å². The number of aliphatic hydroxyl groups excluding tert-OH is 1. The average molecular weight is 261 g/mol. The Balaban J connectivity index is 3.61. The molecule has 0 fully saturated rings. The number of hydrogen-bond donors (Lipinski definition) is 2. The SMILES string of the molecule is CCNC(C)(CO)CCCOCCC(C)(C)OC. The summed E-state index contributed by atoms with van der Waals surface area (Å²) in [5, 5.41) is 12.6. The van der Waals surface area contributed by atoms with E-state index >= 15 is 0 Å². The van der Waals surface area contributed by atoms with Crippen LogP contribution in [0.3, 0.4) is 0 Å². The zero-order valence-electron chi connectivity index (χ0n) is 12.7. The third-order valence-corrected chi connectivity index (χ3v) is 3.37. The fourth-order valence-corrected chi connectivity index (χ4v) is 1.74. The van der Waals surface area contributed by atoms with Gasteiger partial charge in [0.15, 0.2) is 0 Å². The molecule has 2 N–H and O–H groups in total. The molecule has 1 atom stereocenters. The van der Waals surface area contributed by atoms with Gasteiger partial charge in [0.1, 0.15) is 0 Å². The lowest BCUT2D eigenvalue weighted by atomic mass is 9.97. The molecule has 110 valence electrons. The monoisotopic (exact) mass is 261 g/mol. The fourth-order valence-electron chi connectivity index (χ4n) is 1.74. The quantitative estimate of drug-likeness (QED) is 0.558. The Labute approximate surface area is 112 Å². The van der Waals surface area contributed by atoms with Crippen LogP contribution in [0.15, 0.2) is 0 Å². The molecule has 0 bridgehead atoms. The summed E-state index contributed by atoms with van der Waals surface area (Å²) < 4.78 is 10.9. The first kappa shape index (κ1) is 17.8. The summed E-state index contributed by atoms with van der Waals surface area (Å²) in [6.45, 7) is 10.7. The smallest absolute Gasteiger partial charge is 0.0644 e. The molecule has 0 heterocycles. The summed E-state index contributed by atoms with van der Waals surface area (Å²) >= 11 is 0. The van der Waals surface area contributed by atoms with Crippen LogP contribution in [0, 0.1) is 0 Å². The molecular weight excluding hydrogens is 230 g/mol. The molecule has 0 amide bonds. The van der Waals surface area contributed by atoms with Crippen molar-refractivity contribution in [3.63, 3.8) is 0 Å². The largest absolute Gasteiger partial charge is 0.394 e. The topological polar surface area (TPSA) is 50.7 Å². The van der Waals surface area contributed by atoms with E-state index in [2.05, 4.69) is 26.1 Å². The summed E-state index contributed by atoms with van der Waals surface area (Å²) in [4.78, 5) is 0. The van der Waals surface area contributed by atoms with Gasteiger partial charge in [0.05, 0.1) is 12.2 Å². The minimum Gasteiger partial charge on any atom is -0.394 e. The van der Waals surface area contributed by atoms with Gasteiger partial charge in [-0.3, -0.25) is 0 Å². The predicted molar refractivity (Wildman–Crippen MR) is 74.9 cm³/mol. The van der Waals surface area contributed by atoms with E-state index in [1.807, 2.05) is 6.92 Å². The molecule has 0 aromatic carbocycles. The molecule has 0 aromatic heterocycles. The van der Waals surface area contributed by atoms with Crippen LogP contribution in [0.1, 0.15) is 47.0 Å². The van der Waals surface area contributed by atoms with Crippen LogP contribution in [-0.4, -0.2) is 49.7 Å². The Kier molecular flexibility index (Phi) is 8.78. The number of hydrogen-bond acceptors (Lipinski definition) is 4. The van der Waals surface area contributed by atoms with Crippen LogP contribution >= 0.6 is 0 Å². The van der Waals surface area contributed by atoms with E-state index in [4.69, 9.17) is 9.47 Å². The molecule has 0 saturated carbocycles. The summed E-state index contributed by atoms with van der Waals surface area (Å²) in [6.07, 6.45) is 2.77. The molecule has 4 heteroatoms. The molecule has 0 rings (SSSR count). The second kappa shape index (κ2) is 8.86. The van der Waals surface area contributed by atoms with Crippen molar-refractivity contribution in [1.29, 1.82) is 0 Å². The number of likely N-dealkylation sites (N-methyl/N-ethyl adjacent to an activating group) is 1. The maximum atomic E-state index is 9.34. The van der Waals surface area contributed by atoms with Crippen molar-refractivity contribution >= 4 is 0 Å². The second-order valence-corrected chi connectivity index (χ2v) is 5.68. The molecule has 0 aliphatic heterocycles. The van der Waals surface area contributed by atoms with Crippen molar-refractivity contribution in [2.24, 2.45) is 0 Å². The van der Waals surface area contributed by atoms with E-state index in [1.54, 1.807) is 7.11 Å². The highest BCUT2D eigenvalue weighted by atomic mass is 16.5. The Morgan fingerprint density at radius 2 is 1.78 bits per heavy atom. The van der Waals surface area contributed by atoms with Crippen molar-refractivity contribution in [3.05, 3.63) is 0 Å². The van der Waals surface area contributed by atoms with Crippen LogP contribution in [0.4, 0.5) is 0 Å². The number of rotatable bonds is 11. The third-order valence-electron chi connectivity index (χ3n) is 3.37. The predicted octanol–water partition coefficient (Wildman–Crippen LogP) is 1.96. The molecule has 18 heavy (non-hydrogen) atoms. The van der Waals surface area contributed by atoms with Gasteiger partial charge in [-0.25, -0.2) is 0 Å². The second-order valence-electron chi connectivity index (χ2n) is 5.68. The van der Waals surface area contributed by atoms with Crippen LogP contribution < -0.4 is 5.32 Å². The molecule has 0 spiro atoms. The Morgan fingerprint density at radius 1 is 1.11 bits per heavy atom. The highest BCUT2D eigenvalue weighted by Gasteiger charge is 2.21. The number of ether oxygens (including phenoxy) is 2. The van der Waals surface area contributed by atoms with Crippen LogP contribution in [0.5, 0.6) is 0 Å². The first-order valence-corrected chi connectivity index (χ1v) is 6.88. The number of methoxy groups -OCH3 is 1. The van der Waals surface area contributed by atoms with E-state index in [-0.39, 0.29) is 17.7 Å². The van der Waals surface area contributed by atoms with Gasteiger partial charge in [0.2, 0.25) is 0 Å². The van der Waals surface area contributed by atoms with Crippen molar-refractivity contribution in [1.82, 2.24) is 5.32 Å². The van der Waals surface area contributed by atoms with Crippen LogP contribution in [0.2, 0.25) is 0 Å². The van der Waals surface area contributed by atoms with Crippen molar-refractivity contribution in [2.45, 2.75) is 58.1 Å². The van der Waals surface area contributed by atoms with Crippen molar-refractivity contribution in [2.75, 3.05) is 33.5 Å². The highest BCUT2D eigenvalue weighted by Crippen LogP contribution is 2.14. The van der Waals surface area contributed by atoms with Gasteiger partial charge in [0.25, 0.3) is 0 Å². The zero-order valence-corrected chi connectivity index (χ0v) is 12.7. The maximum absolute atomic E-state index is 9.34. The number of nitrogens with one attached hydrogen (secondary N) is 1. The lowest BCUT2D eigenvalue weighted by Crippen LogP contribution is -2.45. The summed E-state index contributed by atoms with van der Waals surface area (Å²) in [5.41, 5.74) is -0.284. The Hall–Kier alpha value is -0.160. The molecule has 0 saturated heterocycles. The van der Waals surface area contributed by atoms with E-state index in [0.717, 1.165) is 39.0 Å². The molecule has 0 aromatic rings. The summed E-state index contributed by atoms with van der Waals surface area (Å²) in [7, 11) is 1.73. The maximum Gasteiger partial charge on any atom is 0.0644 e. The van der Waals surface area contributed by atoms with Gasteiger partial charge < -0.3 is 19.9 Å². The molecule has 0 aliphatic rings. The highest BCUT2D eigenvalue weighted by molar-refractivity contribution is 4.81. The van der Waals surface area contributed by atoms with Gasteiger partial charge in [-0.05, 0) is 46.6 Å². The standard InChI is InChI=1S/C14H31NO3/c1-6-15-14(4,12-16)8-7-10-18-11-9-13(2,3)17-5/h15-16H,6-12H2,1-5H3. The first-order valence-electron chi connectivity index (χ1n) is 6.88. The van der Waals surface area contributed by atoms with Gasteiger partial charge in [-0.15, -0.1) is 0 Å². The minimum atomic E-state index is -0.177. The Morgan fingerprint density at radius 3 is 2.28 bits per heavy atom. The Bertz CT molecular complexity index is 209. The van der Waals surface area contributed by atoms with Crippen molar-refractivity contribution < 1.29 is 14.6 Å². The molecule has 1 unspecified atom stereocenters. The van der Waals surface area contributed by atoms with Crippen LogP contribution in [0.25, 0.3) is 0 Å². The molecule has 0 radical (unpaired) electrons. The zero-order chi connectivity index (χ0) is 14.1. The first-order chi connectivity index (χ1) is 8.39. The molecule has 0 aliphatic carbocycles. The van der Waals surface area contributed by atoms with E-state index in [9.17, 15) is 5.11 Å². The van der Waals surface area contributed by atoms with Gasteiger partial charge >= 0.3 is 0 Å². The summed E-state index contributed by atoms with van der Waals surface area (Å²) in [5.74, 6) is 0. The molecule has 4 nitrogen and oxygen atoms in total. The lowest BCUT2D eigenvalue weighted by Gasteiger charge is -2.28. The fraction of sp³-hybridized carbons (Fsp3) is 1.00. The van der Waals surface area contributed by atoms with Crippen molar-refractivity contribution in [3.8, 4) is 0 Å². The average Bonchev–Trinajstić information content (AvgIpc) is 2.34. The normalized spacial score (nSPS) is 15.7. The van der Waals surface area contributed by atoms with Gasteiger partial charge in [-0.2, -0.15) is 0 Å². The molecular formula is C14H31NO3. The van der Waals surface area contributed by atoms with Crippen LogP contribution in [-0.2, 0) is 9.47 Å². The van der Waals surface area contributed by atoms with Gasteiger partial charge in [-0.1, -0.05) is 6.92 Å². The lowest BCUT2D eigenvalue weighted by molar-refractivity contribution is -0.0108. The van der Waals surface area contributed by atoms with E-state index < -0.39 is 0 Å². The number of aliphatic hydroxyl groups is 1. The third kappa shape index (κ3) is 8.03. The van der Waals surface area contributed by atoms with E-state index in [0.29, 0.717) is 0 Å². The minimum absolute atomic E-state index is 0.108. The van der Waals surface area contributed by atoms with E-state index in [1.165, 1.54) is 0 Å².